The van der Waals surface area contributed by atoms with Gasteiger partial charge in [-0.15, -0.1) is 0 Å². The summed E-state index contributed by atoms with van der Waals surface area (Å²) in [4.78, 5) is 23.8. The molecule has 2 unspecified atom stereocenters. The van der Waals surface area contributed by atoms with Crippen LogP contribution in [0, 0.1) is 11.6 Å². The number of nitrogens with one attached hydrogen (secondary N) is 2. The minimum Gasteiger partial charge on any atom is -0.439 e. The quantitative estimate of drug-likeness (QED) is 0.914. The average molecular weight is 318 g/mol. The zero-order valence-electron chi connectivity index (χ0n) is 11.8. The first kappa shape index (κ1) is 15.0. The summed E-state index contributed by atoms with van der Waals surface area (Å²) in [6.07, 6.45) is -1.52. The second-order valence-corrected chi connectivity index (χ2v) is 4.98. The Kier molecular flexibility index (Phi) is 3.92. The first-order valence-corrected chi connectivity index (χ1v) is 6.82. The molecule has 0 spiro atoms. The molecule has 118 valence electrons. The van der Waals surface area contributed by atoms with E-state index in [2.05, 4.69) is 10.6 Å². The molecule has 1 saturated heterocycles. The van der Waals surface area contributed by atoms with Crippen molar-refractivity contribution in [2.75, 3.05) is 5.32 Å². The molecule has 23 heavy (non-hydrogen) atoms. The number of carbonyl (C=O) groups excluding carboxylic acids is 2. The number of amides is 2. The Labute approximate surface area is 130 Å². The number of anilines is 1. The van der Waals surface area contributed by atoms with E-state index in [4.69, 9.17) is 4.74 Å². The topological polar surface area (TPSA) is 67.4 Å². The number of halogens is 2. The van der Waals surface area contributed by atoms with Crippen LogP contribution in [0.15, 0.2) is 48.5 Å². The number of rotatable bonds is 3. The summed E-state index contributed by atoms with van der Waals surface area (Å²) in [5.74, 6) is -2.67. The van der Waals surface area contributed by atoms with E-state index in [0.717, 1.165) is 12.1 Å². The highest BCUT2D eigenvalue weighted by molar-refractivity contribution is 5.98. The fourth-order valence-electron chi connectivity index (χ4n) is 2.32. The largest absolute Gasteiger partial charge is 0.439 e. The van der Waals surface area contributed by atoms with E-state index in [-0.39, 0.29) is 5.69 Å². The summed E-state index contributed by atoms with van der Waals surface area (Å²) in [7, 11) is 0. The van der Waals surface area contributed by atoms with E-state index in [1.165, 1.54) is 6.07 Å². The van der Waals surface area contributed by atoms with Gasteiger partial charge >= 0.3 is 6.09 Å². The van der Waals surface area contributed by atoms with Gasteiger partial charge in [0.05, 0.1) is 0 Å². The lowest BCUT2D eigenvalue weighted by Crippen LogP contribution is -2.40. The van der Waals surface area contributed by atoms with Crippen LogP contribution < -0.4 is 10.6 Å². The maximum atomic E-state index is 13.2. The predicted molar refractivity (Wildman–Crippen MR) is 77.6 cm³/mol. The number of alkyl carbamates (subject to hydrolysis) is 1. The van der Waals surface area contributed by atoms with Crippen molar-refractivity contribution in [1.82, 2.24) is 5.32 Å². The second-order valence-electron chi connectivity index (χ2n) is 4.98. The van der Waals surface area contributed by atoms with E-state index in [0.29, 0.717) is 5.56 Å². The van der Waals surface area contributed by atoms with Gasteiger partial charge in [-0.1, -0.05) is 30.3 Å². The lowest BCUT2D eigenvalue weighted by molar-refractivity contribution is -0.119. The minimum absolute atomic E-state index is 0.0851. The highest BCUT2D eigenvalue weighted by Gasteiger charge is 2.40. The van der Waals surface area contributed by atoms with Crippen LogP contribution in [0.4, 0.5) is 19.3 Å². The molecule has 1 aliphatic heterocycles. The standard InChI is InChI=1S/C16H12F2N2O3/c17-11-7-6-10(8-12(11)18)19-15(21)13-14(23-16(22)20-13)9-4-2-1-3-5-9/h1-8,13-14H,(H,19,21)(H,20,22). The van der Waals surface area contributed by atoms with Crippen molar-refractivity contribution in [1.29, 1.82) is 0 Å². The Balaban J connectivity index is 1.79. The molecule has 7 heteroatoms. The lowest BCUT2D eigenvalue weighted by Gasteiger charge is -2.17. The maximum Gasteiger partial charge on any atom is 0.408 e. The van der Waals surface area contributed by atoms with Crippen molar-refractivity contribution in [3.05, 3.63) is 65.7 Å². The van der Waals surface area contributed by atoms with Crippen molar-refractivity contribution in [3.8, 4) is 0 Å². The van der Waals surface area contributed by atoms with Crippen LogP contribution in [0.1, 0.15) is 11.7 Å². The summed E-state index contributed by atoms with van der Waals surface area (Å²) < 4.78 is 31.2. The van der Waals surface area contributed by atoms with E-state index < -0.39 is 35.8 Å². The minimum atomic E-state index is -1.07. The van der Waals surface area contributed by atoms with Crippen molar-refractivity contribution < 1.29 is 23.1 Å². The maximum absolute atomic E-state index is 13.2. The fraction of sp³-hybridized carbons (Fsp3) is 0.125. The Bertz CT molecular complexity index is 752. The van der Waals surface area contributed by atoms with Gasteiger partial charge < -0.3 is 15.4 Å². The van der Waals surface area contributed by atoms with E-state index in [1.807, 2.05) is 0 Å². The molecule has 5 nitrogen and oxygen atoms in total. The third-order valence-corrected chi connectivity index (χ3v) is 3.41. The van der Waals surface area contributed by atoms with Crippen LogP contribution in [0.25, 0.3) is 0 Å². The molecule has 1 fully saturated rings. The molecule has 1 aliphatic rings. The Morgan fingerprint density at radius 3 is 2.52 bits per heavy atom. The number of carbonyl (C=O) groups is 2. The zero-order valence-corrected chi connectivity index (χ0v) is 11.8. The van der Waals surface area contributed by atoms with Crippen molar-refractivity contribution in [3.63, 3.8) is 0 Å². The molecular weight excluding hydrogens is 306 g/mol. The molecule has 0 aliphatic carbocycles. The summed E-state index contributed by atoms with van der Waals surface area (Å²) in [6.45, 7) is 0. The van der Waals surface area contributed by atoms with E-state index >= 15 is 0 Å². The number of benzene rings is 2. The molecule has 2 aromatic carbocycles. The van der Waals surface area contributed by atoms with Gasteiger partial charge in [0.2, 0.25) is 0 Å². The fourth-order valence-corrected chi connectivity index (χ4v) is 2.32. The molecule has 0 aromatic heterocycles. The molecule has 0 saturated carbocycles. The van der Waals surface area contributed by atoms with E-state index in [9.17, 15) is 18.4 Å². The smallest absolute Gasteiger partial charge is 0.408 e. The molecule has 2 amide bonds. The van der Waals surface area contributed by atoms with Gasteiger partial charge in [0, 0.05) is 11.8 Å². The van der Waals surface area contributed by atoms with Gasteiger partial charge in [0.25, 0.3) is 5.91 Å². The average Bonchev–Trinajstić information content (AvgIpc) is 2.94. The van der Waals surface area contributed by atoms with Gasteiger partial charge in [-0.25, -0.2) is 13.6 Å². The Morgan fingerprint density at radius 2 is 1.83 bits per heavy atom. The van der Waals surface area contributed by atoms with Crippen LogP contribution in [-0.2, 0) is 9.53 Å². The third kappa shape index (κ3) is 3.13. The Hall–Kier alpha value is -2.96. The zero-order chi connectivity index (χ0) is 16.4. The molecule has 0 radical (unpaired) electrons. The molecule has 2 N–H and O–H groups in total. The van der Waals surface area contributed by atoms with Crippen LogP contribution in [-0.4, -0.2) is 18.0 Å². The second kappa shape index (κ2) is 6.04. The number of cyclic esters (lactones) is 1. The first-order valence-electron chi connectivity index (χ1n) is 6.82. The van der Waals surface area contributed by atoms with Gasteiger partial charge in [0.1, 0.15) is 0 Å². The summed E-state index contributed by atoms with van der Waals surface area (Å²) in [6, 6.07) is 10.8. The molecule has 3 rings (SSSR count). The molecule has 2 atom stereocenters. The van der Waals surface area contributed by atoms with Crippen LogP contribution in [0.5, 0.6) is 0 Å². The number of ether oxygens (including phenoxy) is 1. The van der Waals surface area contributed by atoms with Gasteiger partial charge in [-0.3, -0.25) is 4.79 Å². The predicted octanol–water partition coefficient (Wildman–Crippen LogP) is 2.75. The highest BCUT2D eigenvalue weighted by atomic mass is 19.2. The van der Waals surface area contributed by atoms with Crippen LogP contribution >= 0.6 is 0 Å². The number of hydrogen-bond acceptors (Lipinski definition) is 3. The van der Waals surface area contributed by atoms with Crippen molar-refractivity contribution >= 4 is 17.7 Å². The molecular formula is C16H12F2N2O3. The molecule has 2 aromatic rings. The van der Waals surface area contributed by atoms with Crippen molar-refractivity contribution in [2.24, 2.45) is 0 Å². The summed E-state index contributed by atoms with van der Waals surface area (Å²) in [5, 5.41) is 4.84. The summed E-state index contributed by atoms with van der Waals surface area (Å²) in [5.41, 5.74) is 0.734. The van der Waals surface area contributed by atoms with E-state index in [1.54, 1.807) is 30.3 Å². The monoisotopic (exact) mass is 318 g/mol. The first-order chi connectivity index (χ1) is 11.0. The molecule has 1 heterocycles. The SMILES string of the molecule is O=C1NC(C(=O)Nc2ccc(F)c(F)c2)C(c2ccccc2)O1. The van der Waals surface area contributed by atoms with Gasteiger partial charge in [-0.05, 0) is 17.7 Å². The van der Waals surface area contributed by atoms with Gasteiger partial charge in [-0.2, -0.15) is 0 Å². The normalized spacial score (nSPS) is 19.8. The lowest BCUT2D eigenvalue weighted by atomic mass is 10.0. The van der Waals surface area contributed by atoms with Crippen LogP contribution in [0.2, 0.25) is 0 Å². The molecule has 0 bridgehead atoms. The van der Waals surface area contributed by atoms with Crippen LogP contribution in [0.3, 0.4) is 0 Å². The Morgan fingerprint density at radius 1 is 1.09 bits per heavy atom. The third-order valence-electron chi connectivity index (χ3n) is 3.41. The van der Waals surface area contributed by atoms with Gasteiger partial charge in [0.15, 0.2) is 23.8 Å². The summed E-state index contributed by atoms with van der Waals surface area (Å²) >= 11 is 0. The number of hydrogen-bond donors (Lipinski definition) is 2. The highest BCUT2D eigenvalue weighted by Crippen LogP contribution is 2.27. The van der Waals surface area contributed by atoms with Crippen molar-refractivity contribution in [2.45, 2.75) is 12.1 Å².